The zero-order chi connectivity index (χ0) is 16.1. The minimum absolute atomic E-state index is 0.171. The Morgan fingerprint density at radius 1 is 1.30 bits per heavy atom. The molecule has 0 radical (unpaired) electrons. The van der Waals surface area contributed by atoms with Crippen LogP contribution < -0.4 is 5.32 Å². The van der Waals surface area contributed by atoms with Crippen molar-refractivity contribution in [2.45, 2.75) is 45.3 Å². The fraction of sp³-hybridized carbons (Fsp3) is 0.632. The molecule has 0 bridgehead atoms. The molecule has 0 aromatic heterocycles. The number of rotatable bonds is 5. The van der Waals surface area contributed by atoms with Gasteiger partial charge in [0.15, 0.2) is 0 Å². The Kier molecular flexibility index (Phi) is 5.68. The Labute approximate surface area is 139 Å². The molecule has 0 spiro atoms. The first-order valence-corrected chi connectivity index (χ1v) is 8.88. The number of aryl methyl sites for hydroxylation is 1. The molecule has 0 saturated carbocycles. The molecule has 2 aliphatic rings. The summed E-state index contributed by atoms with van der Waals surface area (Å²) >= 11 is 0. The quantitative estimate of drug-likeness (QED) is 0.907. The van der Waals surface area contributed by atoms with Gasteiger partial charge in [-0.05, 0) is 51.3 Å². The van der Waals surface area contributed by atoms with Gasteiger partial charge in [-0.15, -0.1) is 0 Å². The molecule has 1 aromatic rings. The first kappa shape index (κ1) is 16.5. The second-order valence-electron chi connectivity index (χ2n) is 6.92. The Hall–Kier alpha value is -1.39. The van der Waals surface area contributed by atoms with Crippen LogP contribution in [0.25, 0.3) is 0 Å². The predicted octanol–water partition coefficient (Wildman–Crippen LogP) is 2.50. The molecule has 2 fully saturated rings. The molecule has 1 N–H and O–H groups in total. The van der Waals surface area contributed by atoms with E-state index in [4.69, 9.17) is 4.74 Å². The molecule has 1 aromatic carbocycles. The van der Waals surface area contributed by atoms with E-state index in [0.29, 0.717) is 6.54 Å². The SMILES string of the molecule is Cc1cccc(CN2CCC(C(=O)NC[C@H]3CCCO3)CC2)c1. The van der Waals surface area contributed by atoms with Crippen LogP contribution in [0.3, 0.4) is 0 Å². The molecule has 2 saturated heterocycles. The minimum atomic E-state index is 0.171. The molecule has 23 heavy (non-hydrogen) atoms. The standard InChI is InChI=1S/C19H28N2O2/c1-15-4-2-5-16(12-15)14-21-9-7-17(8-10-21)19(22)20-13-18-6-3-11-23-18/h2,4-5,12,17-18H,3,6-11,13-14H2,1H3,(H,20,22)/t18-/m1/s1. The van der Waals surface area contributed by atoms with Crippen molar-refractivity contribution in [2.24, 2.45) is 5.92 Å². The monoisotopic (exact) mass is 316 g/mol. The molecule has 0 aliphatic carbocycles. The van der Waals surface area contributed by atoms with Crippen molar-refractivity contribution in [3.8, 4) is 0 Å². The highest BCUT2D eigenvalue weighted by molar-refractivity contribution is 5.78. The third-order valence-corrected chi connectivity index (χ3v) is 4.97. The molecule has 4 nitrogen and oxygen atoms in total. The lowest BCUT2D eigenvalue weighted by Crippen LogP contribution is -2.42. The predicted molar refractivity (Wildman–Crippen MR) is 91.2 cm³/mol. The zero-order valence-corrected chi connectivity index (χ0v) is 14.1. The van der Waals surface area contributed by atoms with Gasteiger partial charge in [-0.3, -0.25) is 9.69 Å². The maximum absolute atomic E-state index is 12.3. The molecule has 0 unspecified atom stereocenters. The molecule has 2 aliphatic heterocycles. The van der Waals surface area contributed by atoms with Gasteiger partial charge in [0.2, 0.25) is 5.91 Å². The van der Waals surface area contributed by atoms with Crippen LogP contribution in [0.2, 0.25) is 0 Å². The summed E-state index contributed by atoms with van der Waals surface area (Å²) in [5.41, 5.74) is 2.68. The lowest BCUT2D eigenvalue weighted by atomic mass is 9.95. The van der Waals surface area contributed by atoms with Crippen LogP contribution >= 0.6 is 0 Å². The molecule has 1 atom stereocenters. The van der Waals surface area contributed by atoms with E-state index in [0.717, 1.165) is 51.9 Å². The van der Waals surface area contributed by atoms with Gasteiger partial charge >= 0.3 is 0 Å². The Balaban J connectivity index is 1.40. The lowest BCUT2D eigenvalue weighted by Gasteiger charge is -2.31. The molecule has 1 amide bonds. The van der Waals surface area contributed by atoms with Crippen LogP contribution in [-0.4, -0.2) is 43.2 Å². The topological polar surface area (TPSA) is 41.6 Å². The molecule has 4 heteroatoms. The lowest BCUT2D eigenvalue weighted by molar-refractivity contribution is -0.127. The Morgan fingerprint density at radius 2 is 2.13 bits per heavy atom. The summed E-state index contributed by atoms with van der Waals surface area (Å²) in [7, 11) is 0. The second kappa shape index (κ2) is 7.93. The van der Waals surface area contributed by atoms with Crippen LogP contribution in [0.1, 0.15) is 36.8 Å². The maximum Gasteiger partial charge on any atom is 0.223 e. The van der Waals surface area contributed by atoms with E-state index < -0.39 is 0 Å². The van der Waals surface area contributed by atoms with E-state index in [2.05, 4.69) is 41.4 Å². The number of piperidine rings is 1. The van der Waals surface area contributed by atoms with E-state index in [1.165, 1.54) is 11.1 Å². The van der Waals surface area contributed by atoms with Crippen molar-refractivity contribution in [2.75, 3.05) is 26.2 Å². The van der Waals surface area contributed by atoms with Crippen molar-refractivity contribution in [3.63, 3.8) is 0 Å². The van der Waals surface area contributed by atoms with Crippen molar-refractivity contribution >= 4 is 5.91 Å². The zero-order valence-electron chi connectivity index (χ0n) is 14.1. The normalized spacial score (nSPS) is 23.1. The van der Waals surface area contributed by atoms with Gasteiger partial charge in [-0.1, -0.05) is 29.8 Å². The molecular formula is C19H28N2O2. The summed E-state index contributed by atoms with van der Waals surface area (Å²) in [5.74, 6) is 0.390. The minimum Gasteiger partial charge on any atom is -0.376 e. The molecule has 126 valence electrons. The van der Waals surface area contributed by atoms with Crippen LogP contribution in [0.5, 0.6) is 0 Å². The van der Waals surface area contributed by atoms with Crippen molar-refractivity contribution < 1.29 is 9.53 Å². The summed E-state index contributed by atoms with van der Waals surface area (Å²) in [4.78, 5) is 14.7. The summed E-state index contributed by atoms with van der Waals surface area (Å²) in [6, 6.07) is 8.69. The second-order valence-corrected chi connectivity index (χ2v) is 6.92. The number of amides is 1. The summed E-state index contributed by atoms with van der Waals surface area (Å²) in [6.45, 7) is 6.66. The highest BCUT2D eigenvalue weighted by Crippen LogP contribution is 2.20. The average molecular weight is 316 g/mol. The van der Waals surface area contributed by atoms with E-state index in [-0.39, 0.29) is 17.9 Å². The van der Waals surface area contributed by atoms with Crippen LogP contribution in [0.4, 0.5) is 0 Å². The van der Waals surface area contributed by atoms with Gasteiger partial charge in [0.05, 0.1) is 6.10 Å². The van der Waals surface area contributed by atoms with Gasteiger partial charge in [0, 0.05) is 25.6 Å². The number of nitrogens with one attached hydrogen (secondary N) is 1. The van der Waals surface area contributed by atoms with E-state index in [9.17, 15) is 4.79 Å². The maximum atomic E-state index is 12.3. The van der Waals surface area contributed by atoms with Crippen molar-refractivity contribution in [1.29, 1.82) is 0 Å². The van der Waals surface area contributed by atoms with Crippen LogP contribution in [0, 0.1) is 12.8 Å². The van der Waals surface area contributed by atoms with E-state index >= 15 is 0 Å². The summed E-state index contributed by atoms with van der Waals surface area (Å²) in [6.07, 6.45) is 4.36. The van der Waals surface area contributed by atoms with Gasteiger partial charge in [0.25, 0.3) is 0 Å². The number of carbonyl (C=O) groups is 1. The molecular weight excluding hydrogens is 288 g/mol. The van der Waals surface area contributed by atoms with Gasteiger partial charge in [-0.25, -0.2) is 0 Å². The first-order valence-electron chi connectivity index (χ1n) is 8.88. The number of hydrogen-bond donors (Lipinski definition) is 1. The smallest absolute Gasteiger partial charge is 0.223 e. The molecule has 2 heterocycles. The van der Waals surface area contributed by atoms with E-state index in [1.54, 1.807) is 0 Å². The third-order valence-electron chi connectivity index (χ3n) is 4.97. The van der Waals surface area contributed by atoms with Gasteiger partial charge in [-0.2, -0.15) is 0 Å². The highest BCUT2D eigenvalue weighted by Gasteiger charge is 2.26. The number of nitrogens with zero attached hydrogens (tertiary/aromatic N) is 1. The number of benzene rings is 1. The average Bonchev–Trinajstić information content (AvgIpc) is 3.07. The van der Waals surface area contributed by atoms with Crippen LogP contribution in [-0.2, 0) is 16.1 Å². The highest BCUT2D eigenvalue weighted by atomic mass is 16.5. The van der Waals surface area contributed by atoms with Gasteiger partial charge in [0.1, 0.15) is 0 Å². The number of likely N-dealkylation sites (tertiary alicyclic amines) is 1. The van der Waals surface area contributed by atoms with Crippen molar-refractivity contribution in [1.82, 2.24) is 10.2 Å². The fourth-order valence-corrected chi connectivity index (χ4v) is 3.59. The molecule has 3 rings (SSSR count). The van der Waals surface area contributed by atoms with E-state index in [1.807, 2.05) is 0 Å². The number of ether oxygens (including phenoxy) is 1. The first-order chi connectivity index (χ1) is 11.2. The Morgan fingerprint density at radius 3 is 2.83 bits per heavy atom. The number of carbonyl (C=O) groups excluding carboxylic acids is 1. The number of hydrogen-bond acceptors (Lipinski definition) is 3. The largest absolute Gasteiger partial charge is 0.376 e. The fourth-order valence-electron chi connectivity index (χ4n) is 3.59. The third kappa shape index (κ3) is 4.79. The summed E-state index contributed by atoms with van der Waals surface area (Å²) < 4.78 is 5.56. The van der Waals surface area contributed by atoms with Crippen molar-refractivity contribution in [3.05, 3.63) is 35.4 Å². The van der Waals surface area contributed by atoms with Crippen LogP contribution in [0.15, 0.2) is 24.3 Å². The van der Waals surface area contributed by atoms with Gasteiger partial charge < -0.3 is 10.1 Å². The summed E-state index contributed by atoms with van der Waals surface area (Å²) in [5, 5.41) is 3.08. The Bertz CT molecular complexity index is 518.